The van der Waals surface area contributed by atoms with Gasteiger partial charge in [0.2, 0.25) is 6.29 Å². The number of rotatable bonds is 6. The van der Waals surface area contributed by atoms with Gasteiger partial charge in [0.25, 0.3) is 0 Å². The monoisotopic (exact) mass is 356 g/mol. The second-order valence-corrected chi connectivity index (χ2v) is 5.39. The zero-order valence-corrected chi connectivity index (χ0v) is 13.3. The van der Waals surface area contributed by atoms with Gasteiger partial charge >= 0.3 is 5.97 Å². The van der Waals surface area contributed by atoms with Crippen LogP contribution in [0.5, 0.6) is 11.5 Å². The average molecular weight is 356 g/mol. The molecule has 5 N–H and O–H groups in total. The number of benzene rings is 1. The standard InChI is InChI=1S/C16H20O9/c1-23-9-4-2-8(3-5-12(18)19)10(6-9)24-16-15(22)14(21)13(20)11(7-17)25-16/h2-6,11,13-17,20-22H,7H2,1H3,(H,18,19). The lowest BCUT2D eigenvalue weighted by Gasteiger charge is -2.39. The molecule has 0 radical (unpaired) electrons. The summed E-state index contributed by atoms with van der Waals surface area (Å²) in [6, 6.07) is 4.57. The summed E-state index contributed by atoms with van der Waals surface area (Å²) in [5.41, 5.74) is 0.361. The molecule has 1 aromatic carbocycles. The topological polar surface area (TPSA) is 146 Å². The van der Waals surface area contributed by atoms with Crippen LogP contribution in [-0.4, -0.2) is 75.9 Å². The summed E-state index contributed by atoms with van der Waals surface area (Å²) in [4.78, 5) is 10.7. The number of aliphatic carboxylic acids is 1. The summed E-state index contributed by atoms with van der Waals surface area (Å²) in [5, 5.41) is 47.6. The number of carboxylic acids is 1. The molecule has 0 bridgehead atoms. The van der Waals surface area contributed by atoms with Gasteiger partial charge in [-0.1, -0.05) is 0 Å². The average Bonchev–Trinajstić information content (AvgIpc) is 2.60. The van der Waals surface area contributed by atoms with E-state index < -0.39 is 43.3 Å². The van der Waals surface area contributed by atoms with Crippen molar-refractivity contribution in [2.24, 2.45) is 0 Å². The molecule has 9 nitrogen and oxygen atoms in total. The Morgan fingerprint density at radius 1 is 1.24 bits per heavy atom. The number of aliphatic hydroxyl groups is 4. The number of hydrogen-bond acceptors (Lipinski definition) is 8. The Hall–Kier alpha value is -2.17. The highest BCUT2D eigenvalue weighted by atomic mass is 16.7. The molecule has 1 heterocycles. The van der Waals surface area contributed by atoms with Gasteiger partial charge in [-0.2, -0.15) is 0 Å². The van der Waals surface area contributed by atoms with Gasteiger partial charge in [-0.3, -0.25) is 0 Å². The first-order valence-electron chi connectivity index (χ1n) is 7.43. The van der Waals surface area contributed by atoms with Crippen LogP contribution < -0.4 is 9.47 Å². The van der Waals surface area contributed by atoms with E-state index in [1.807, 2.05) is 0 Å². The lowest BCUT2D eigenvalue weighted by molar-refractivity contribution is -0.277. The largest absolute Gasteiger partial charge is 0.497 e. The van der Waals surface area contributed by atoms with E-state index in [0.29, 0.717) is 11.3 Å². The van der Waals surface area contributed by atoms with Crippen molar-refractivity contribution in [1.29, 1.82) is 0 Å². The molecule has 1 aromatic rings. The highest BCUT2D eigenvalue weighted by molar-refractivity contribution is 5.86. The van der Waals surface area contributed by atoms with Gasteiger partial charge in [0.1, 0.15) is 35.9 Å². The molecule has 0 spiro atoms. The van der Waals surface area contributed by atoms with Crippen LogP contribution in [0.1, 0.15) is 5.56 Å². The van der Waals surface area contributed by atoms with Crippen LogP contribution in [0.2, 0.25) is 0 Å². The lowest BCUT2D eigenvalue weighted by Crippen LogP contribution is -2.60. The maximum atomic E-state index is 10.7. The van der Waals surface area contributed by atoms with Gasteiger partial charge in [-0.15, -0.1) is 0 Å². The number of carbonyl (C=O) groups is 1. The number of ether oxygens (including phenoxy) is 3. The number of hydrogen-bond donors (Lipinski definition) is 5. The lowest BCUT2D eigenvalue weighted by atomic mass is 9.99. The van der Waals surface area contributed by atoms with Crippen molar-refractivity contribution in [2.75, 3.05) is 13.7 Å². The van der Waals surface area contributed by atoms with Crippen molar-refractivity contribution in [3.05, 3.63) is 29.8 Å². The van der Waals surface area contributed by atoms with E-state index in [9.17, 15) is 25.2 Å². The van der Waals surface area contributed by atoms with E-state index in [1.54, 1.807) is 6.07 Å². The minimum atomic E-state index is -1.58. The predicted octanol–water partition coefficient (Wildman–Crippen LogP) is -1.03. The molecule has 5 atom stereocenters. The van der Waals surface area contributed by atoms with Crippen molar-refractivity contribution >= 4 is 12.0 Å². The fourth-order valence-electron chi connectivity index (χ4n) is 2.33. The third kappa shape index (κ3) is 4.47. The second kappa shape index (κ2) is 8.28. The summed E-state index contributed by atoms with van der Waals surface area (Å²) in [6.07, 6.45) is -4.99. The molecule has 2 rings (SSSR count). The van der Waals surface area contributed by atoms with Crippen LogP contribution in [-0.2, 0) is 9.53 Å². The molecule has 138 valence electrons. The molecule has 0 aliphatic carbocycles. The Labute approximate surface area is 143 Å². The highest BCUT2D eigenvalue weighted by Crippen LogP contribution is 2.30. The fourth-order valence-corrected chi connectivity index (χ4v) is 2.33. The number of aliphatic hydroxyl groups excluding tert-OH is 4. The number of methoxy groups -OCH3 is 1. The number of carboxylic acid groups (broad SMARTS) is 1. The van der Waals surface area contributed by atoms with Gasteiger partial charge in [-0.05, 0) is 18.2 Å². The normalized spacial score (nSPS) is 29.6. The van der Waals surface area contributed by atoms with Crippen LogP contribution in [0.4, 0.5) is 0 Å². The fraction of sp³-hybridized carbons (Fsp3) is 0.438. The molecule has 0 amide bonds. The summed E-state index contributed by atoms with van der Waals surface area (Å²) in [6.45, 7) is -0.589. The van der Waals surface area contributed by atoms with Crippen LogP contribution in [0.3, 0.4) is 0 Å². The molecular weight excluding hydrogens is 336 g/mol. The van der Waals surface area contributed by atoms with Crippen LogP contribution in [0.15, 0.2) is 24.3 Å². The second-order valence-electron chi connectivity index (χ2n) is 5.39. The maximum Gasteiger partial charge on any atom is 0.328 e. The Kier molecular flexibility index (Phi) is 6.34. The third-order valence-electron chi connectivity index (χ3n) is 3.72. The highest BCUT2D eigenvalue weighted by Gasteiger charge is 2.44. The maximum absolute atomic E-state index is 10.7. The van der Waals surface area contributed by atoms with Crippen LogP contribution >= 0.6 is 0 Å². The minimum absolute atomic E-state index is 0.126. The van der Waals surface area contributed by atoms with Gasteiger partial charge in [0, 0.05) is 17.7 Å². The van der Waals surface area contributed by atoms with Gasteiger partial charge in [0.15, 0.2) is 0 Å². The smallest absolute Gasteiger partial charge is 0.328 e. The molecule has 9 heteroatoms. The van der Waals surface area contributed by atoms with E-state index in [4.69, 9.17) is 19.3 Å². The molecule has 0 aromatic heterocycles. The minimum Gasteiger partial charge on any atom is -0.497 e. The van der Waals surface area contributed by atoms with Gasteiger partial charge in [-0.25, -0.2) is 4.79 Å². The van der Waals surface area contributed by atoms with Gasteiger partial charge in [0.05, 0.1) is 13.7 Å². The molecule has 0 saturated carbocycles. The summed E-state index contributed by atoms with van der Waals surface area (Å²) < 4.78 is 15.9. The Morgan fingerprint density at radius 3 is 2.56 bits per heavy atom. The van der Waals surface area contributed by atoms with E-state index in [1.165, 1.54) is 25.3 Å². The zero-order chi connectivity index (χ0) is 18.6. The summed E-state index contributed by atoms with van der Waals surface area (Å²) in [5.74, 6) is -0.622. The van der Waals surface area contributed by atoms with E-state index >= 15 is 0 Å². The van der Waals surface area contributed by atoms with Crippen molar-refractivity contribution in [3.8, 4) is 11.5 Å². The Morgan fingerprint density at radius 2 is 1.96 bits per heavy atom. The molecule has 1 fully saturated rings. The summed E-state index contributed by atoms with van der Waals surface area (Å²) in [7, 11) is 1.43. The van der Waals surface area contributed by atoms with Crippen LogP contribution in [0, 0.1) is 0 Å². The first kappa shape index (κ1) is 19.2. The van der Waals surface area contributed by atoms with E-state index in [0.717, 1.165) is 6.08 Å². The van der Waals surface area contributed by atoms with Crippen molar-refractivity contribution < 1.29 is 44.5 Å². The molecule has 25 heavy (non-hydrogen) atoms. The molecule has 1 aliphatic rings. The summed E-state index contributed by atoms with van der Waals surface area (Å²) >= 11 is 0. The first-order valence-corrected chi connectivity index (χ1v) is 7.43. The van der Waals surface area contributed by atoms with E-state index in [-0.39, 0.29) is 5.75 Å². The van der Waals surface area contributed by atoms with Crippen LogP contribution in [0.25, 0.3) is 6.08 Å². The zero-order valence-electron chi connectivity index (χ0n) is 13.3. The Balaban J connectivity index is 2.29. The molecule has 1 saturated heterocycles. The third-order valence-corrected chi connectivity index (χ3v) is 3.72. The predicted molar refractivity (Wildman–Crippen MR) is 84.1 cm³/mol. The molecule has 1 aliphatic heterocycles. The first-order chi connectivity index (χ1) is 11.9. The van der Waals surface area contributed by atoms with Crippen molar-refractivity contribution in [3.63, 3.8) is 0 Å². The van der Waals surface area contributed by atoms with E-state index in [2.05, 4.69) is 0 Å². The SMILES string of the molecule is COc1ccc(C=CC(=O)O)c(OC2OC(CO)C(O)C(O)C2O)c1. The quantitative estimate of drug-likeness (QED) is 0.404. The van der Waals surface area contributed by atoms with Crippen molar-refractivity contribution in [1.82, 2.24) is 0 Å². The molecular formula is C16H20O9. The van der Waals surface area contributed by atoms with Crippen molar-refractivity contribution in [2.45, 2.75) is 30.7 Å². The Bertz CT molecular complexity index is 628. The van der Waals surface area contributed by atoms with Gasteiger partial charge < -0.3 is 39.7 Å². The molecule has 5 unspecified atom stereocenters.